The number of carboxylic acid groups (broad SMARTS) is 1. The van der Waals surface area contributed by atoms with Crippen LogP contribution in [0.5, 0.6) is 0 Å². The first-order chi connectivity index (χ1) is 18.3. The number of nitrogens with zero attached hydrogens (tertiary/aromatic N) is 2. The van der Waals surface area contributed by atoms with Crippen LogP contribution >= 0.6 is 11.6 Å². The Labute approximate surface area is 231 Å². The largest absolute Gasteiger partial charge is 0.465 e. The fourth-order valence-electron chi connectivity index (χ4n) is 5.66. The number of carbonyl (C=O) groups is 2. The predicted octanol–water partition coefficient (Wildman–Crippen LogP) is 5.34. The molecule has 8 nitrogen and oxygen atoms in total. The minimum Gasteiger partial charge on any atom is -0.465 e. The Kier molecular flexibility index (Phi) is 6.85. The summed E-state index contributed by atoms with van der Waals surface area (Å²) in [6, 6.07) is 11.3. The van der Waals surface area contributed by atoms with Gasteiger partial charge in [0.15, 0.2) is 5.82 Å². The van der Waals surface area contributed by atoms with Crippen LogP contribution in [0.15, 0.2) is 53.4 Å². The van der Waals surface area contributed by atoms with Crippen LogP contribution < -0.4 is 9.62 Å². The van der Waals surface area contributed by atoms with Crippen LogP contribution in [0.1, 0.15) is 44.4 Å². The quantitative estimate of drug-likeness (QED) is 0.438. The molecule has 3 aromatic rings. The highest BCUT2D eigenvalue weighted by molar-refractivity contribution is 7.89. The molecule has 0 spiro atoms. The van der Waals surface area contributed by atoms with Crippen LogP contribution in [0.4, 0.5) is 14.9 Å². The van der Waals surface area contributed by atoms with Gasteiger partial charge in [0.05, 0.1) is 16.6 Å². The van der Waals surface area contributed by atoms with Crippen LogP contribution in [0.25, 0.3) is 10.8 Å². The van der Waals surface area contributed by atoms with Gasteiger partial charge in [-0.25, -0.2) is 17.6 Å². The number of amides is 2. The lowest BCUT2D eigenvalue weighted by Gasteiger charge is -2.43. The van der Waals surface area contributed by atoms with Gasteiger partial charge < -0.3 is 14.9 Å². The van der Waals surface area contributed by atoms with Gasteiger partial charge in [0.25, 0.3) is 0 Å². The van der Waals surface area contributed by atoms with Crippen molar-refractivity contribution in [1.82, 2.24) is 9.62 Å². The van der Waals surface area contributed by atoms with Gasteiger partial charge in [-0.15, -0.1) is 0 Å². The van der Waals surface area contributed by atoms with Crippen molar-refractivity contribution >= 4 is 50.1 Å². The molecular weight excluding hydrogens is 545 g/mol. The molecule has 3 aromatic carbocycles. The third kappa shape index (κ3) is 4.97. The smallest absolute Gasteiger partial charge is 0.407 e. The van der Waals surface area contributed by atoms with Crippen molar-refractivity contribution in [2.45, 2.75) is 50.6 Å². The van der Waals surface area contributed by atoms with E-state index < -0.39 is 45.3 Å². The van der Waals surface area contributed by atoms with Crippen molar-refractivity contribution in [2.75, 3.05) is 18.0 Å². The lowest BCUT2D eigenvalue weighted by atomic mass is 9.77. The lowest BCUT2D eigenvalue weighted by molar-refractivity contribution is -0.118. The number of hydrogen-bond donors (Lipinski definition) is 2. The highest BCUT2D eigenvalue weighted by atomic mass is 35.5. The van der Waals surface area contributed by atoms with Crippen molar-refractivity contribution in [1.29, 1.82) is 0 Å². The zero-order valence-electron chi connectivity index (χ0n) is 21.7. The fourth-order valence-corrected chi connectivity index (χ4v) is 7.10. The molecule has 2 aliphatic rings. The molecule has 2 heterocycles. The summed E-state index contributed by atoms with van der Waals surface area (Å²) in [5.41, 5.74) is 0.556. The second kappa shape index (κ2) is 9.76. The normalized spacial score (nSPS) is 20.0. The van der Waals surface area contributed by atoms with Gasteiger partial charge >= 0.3 is 6.09 Å². The van der Waals surface area contributed by atoms with Crippen LogP contribution in [0, 0.1) is 11.2 Å². The molecule has 0 radical (unpaired) electrons. The minimum absolute atomic E-state index is 0.0136. The van der Waals surface area contributed by atoms with E-state index in [0.717, 1.165) is 5.39 Å². The van der Waals surface area contributed by atoms with Crippen molar-refractivity contribution in [2.24, 2.45) is 5.41 Å². The van der Waals surface area contributed by atoms with Crippen LogP contribution in [0.3, 0.4) is 0 Å². The first kappa shape index (κ1) is 27.4. The molecule has 1 unspecified atom stereocenters. The summed E-state index contributed by atoms with van der Waals surface area (Å²) in [6.07, 6.45) is -0.709. The van der Waals surface area contributed by atoms with E-state index in [1.165, 1.54) is 28.0 Å². The van der Waals surface area contributed by atoms with Crippen molar-refractivity contribution < 1.29 is 27.5 Å². The summed E-state index contributed by atoms with van der Waals surface area (Å²) in [5.74, 6) is -1.11. The summed E-state index contributed by atoms with van der Waals surface area (Å²) >= 11 is 6.01. The number of rotatable bonds is 4. The zero-order valence-corrected chi connectivity index (χ0v) is 23.3. The van der Waals surface area contributed by atoms with Crippen molar-refractivity contribution in [3.8, 4) is 0 Å². The number of sulfonamides is 1. The number of halogens is 2. The molecule has 0 bridgehead atoms. The van der Waals surface area contributed by atoms with E-state index in [1.807, 2.05) is 20.8 Å². The van der Waals surface area contributed by atoms with Crippen LogP contribution in [-0.2, 0) is 21.2 Å². The van der Waals surface area contributed by atoms with Crippen molar-refractivity contribution in [3.63, 3.8) is 0 Å². The molecule has 39 heavy (non-hydrogen) atoms. The number of hydrogen-bond acceptors (Lipinski definition) is 4. The molecule has 1 saturated heterocycles. The molecule has 2 atom stereocenters. The van der Waals surface area contributed by atoms with E-state index in [9.17, 15) is 23.1 Å². The van der Waals surface area contributed by atoms with Gasteiger partial charge in [-0.3, -0.25) is 4.79 Å². The Morgan fingerprint density at radius 2 is 1.77 bits per heavy atom. The molecule has 2 aliphatic heterocycles. The second-order valence-corrected chi connectivity index (χ2v) is 13.2. The predicted molar refractivity (Wildman–Crippen MR) is 147 cm³/mol. The summed E-state index contributed by atoms with van der Waals surface area (Å²) in [6.45, 7) is 5.99. The van der Waals surface area contributed by atoms with Crippen molar-refractivity contribution in [3.05, 3.63) is 70.5 Å². The highest BCUT2D eigenvalue weighted by Crippen LogP contribution is 2.44. The topological polar surface area (TPSA) is 107 Å². The molecule has 2 amide bonds. The Balaban J connectivity index is 1.40. The molecular formula is C28H29ClFN3O5S. The van der Waals surface area contributed by atoms with E-state index >= 15 is 4.39 Å². The summed E-state index contributed by atoms with van der Waals surface area (Å²) in [4.78, 5) is 27.8. The molecule has 5 rings (SSSR count). The average Bonchev–Trinajstić information content (AvgIpc) is 3.21. The summed E-state index contributed by atoms with van der Waals surface area (Å²) < 4.78 is 44.6. The van der Waals surface area contributed by atoms with E-state index in [-0.39, 0.29) is 36.5 Å². The van der Waals surface area contributed by atoms with Gasteiger partial charge in [0.2, 0.25) is 15.9 Å². The molecule has 0 saturated carbocycles. The highest BCUT2D eigenvalue weighted by Gasteiger charge is 2.42. The lowest BCUT2D eigenvalue weighted by Crippen LogP contribution is -2.45. The van der Waals surface area contributed by atoms with E-state index in [2.05, 4.69) is 4.72 Å². The molecule has 0 aliphatic carbocycles. The van der Waals surface area contributed by atoms with Gasteiger partial charge in [-0.2, -0.15) is 4.72 Å². The maximum atomic E-state index is 15.9. The first-order valence-corrected chi connectivity index (χ1v) is 14.5. The van der Waals surface area contributed by atoms with E-state index in [4.69, 9.17) is 11.6 Å². The van der Waals surface area contributed by atoms with E-state index in [1.54, 1.807) is 30.3 Å². The molecule has 0 aromatic heterocycles. The Hall–Kier alpha value is -3.21. The minimum atomic E-state index is -4.03. The van der Waals surface area contributed by atoms with E-state index in [0.29, 0.717) is 21.5 Å². The Morgan fingerprint density at radius 1 is 1.08 bits per heavy atom. The number of fused-ring (bicyclic) bond motifs is 2. The molecule has 2 N–H and O–H groups in total. The molecule has 11 heteroatoms. The van der Waals surface area contributed by atoms with Gasteiger partial charge in [-0.05, 0) is 70.5 Å². The number of nitrogens with one attached hydrogen (secondary N) is 1. The average molecular weight is 574 g/mol. The summed E-state index contributed by atoms with van der Waals surface area (Å²) in [7, 11) is -4.03. The maximum absolute atomic E-state index is 15.9. The van der Waals surface area contributed by atoms with Crippen LogP contribution in [0.2, 0.25) is 5.02 Å². The Morgan fingerprint density at radius 3 is 2.46 bits per heavy atom. The number of carbonyl (C=O) groups excluding carboxylic acids is 1. The fraction of sp³-hybridized carbons (Fsp3) is 0.357. The maximum Gasteiger partial charge on any atom is 0.407 e. The second-order valence-electron chi connectivity index (χ2n) is 11.1. The van der Waals surface area contributed by atoms with Gasteiger partial charge in [0.1, 0.15) is 6.04 Å². The Bertz CT molecular complexity index is 1600. The number of benzene rings is 3. The third-order valence-corrected chi connectivity index (χ3v) is 9.12. The van der Waals surface area contributed by atoms with Crippen LogP contribution in [-0.4, -0.2) is 49.6 Å². The SMILES string of the molecule is CC(C)(C)C1c2ccc(N3CC[C@H](NS(=O)(=O)c4ccc5cc(Cl)ccc5c4)C3=O)c(F)c2CCN1C(=O)O. The monoisotopic (exact) mass is 573 g/mol. The number of anilines is 1. The summed E-state index contributed by atoms with van der Waals surface area (Å²) in [5, 5.41) is 11.7. The third-order valence-electron chi connectivity index (χ3n) is 7.41. The molecule has 206 valence electrons. The standard InChI is InChI=1S/C28H29ClFN3O5S/c1-28(2,3)25-21-8-9-23(24(30)20(21)10-12-33(25)27(35)36)32-13-11-22(26(32)34)31-39(37,38)19-7-5-16-14-18(29)6-4-17(16)15-19/h4-9,14-15,22,25,31H,10-13H2,1-3H3,(H,35,36)/t22-,25?/m0/s1. The zero-order chi connectivity index (χ0) is 28.3. The van der Waals surface area contributed by atoms with Gasteiger partial charge in [-0.1, -0.05) is 50.6 Å². The van der Waals surface area contributed by atoms with Gasteiger partial charge in [0, 0.05) is 18.1 Å². The molecule has 1 fully saturated rings. The first-order valence-electron chi connectivity index (χ1n) is 12.6.